The fourth-order valence-corrected chi connectivity index (χ4v) is 2.51. The smallest absolute Gasteiger partial charge is 0.270 e. The van der Waals surface area contributed by atoms with E-state index in [0.29, 0.717) is 27.8 Å². The lowest BCUT2D eigenvalue weighted by Gasteiger charge is -2.10. The number of nitrogens with zero attached hydrogens (tertiary/aromatic N) is 2. The van der Waals surface area contributed by atoms with Gasteiger partial charge in [-0.1, -0.05) is 25.1 Å². The lowest BCUT2D eigenvalue weighted by atomic mass is 10.3. The molecule has 2 heterocycles. The largest absolute Gasteiger partial charge is 0.445 e. The summed E-state index contributed by atoms with van der Waals surface area (Å²) in [6, 6.07) is 9.50. The maximum Gasteiger partial charge on any atom is 0.270 e. The number of aromatic nitrogens is 2. The van der Waals surface area contributed by atoms with Crippen molar-refractivity contribution in [2.45, 2.75) is 13.3 Å². The normalized spacial score (nSPS) is 11.1. The summed E-state index contributed by atoms with van der Waals surface area (Å²) in [6.07, 6.45) is 2.15. The zero-order valence-electron chi connectivity index (χ0n) is 10.3. The first kappa shape index (κ1) is 12.2. The Morgan fingerprint density at radius 2 is 2.05 bits per heavy atom. The second-order valence-corrected chi connectivity index (χ2v) is 4.98. The van der Waals surface area contributed by atoms with E-state index in [-0.39, 0.29) is 5.56 Å². The number of hydrogen-bond acceptors (Lipinski definition) is 3. The summed E-state index contributed by atoms with van der Waals surface area (Å²) in [6.45, 7) is 1.96. The lowest BCUT2D eigenvalue weighted by molar-refractivity contribution is 0.595. The van der Waals surface area contributed by atoms with Crippen molar-refractivity contribution in [3.8, 4) is 5.69 Å². The summed E-state index contributed by atoms with van der Waals surface area (Å²) in [5.74, 6) is 0.686. The van der Waals surface area contributed by atoms with Crippen molar-refractivity contribution in [2.75, 3.05) is 0 Å². The molecule has 0 aliphatic heterocycles. The zero-order valence-corrected chi connectivity index (χ0v) is 11.8. The highest BCUT2D eigenvalue weighted by atomic mass is 79.9. The molecular weight excluding hydrogens is 308 g/mol. The first-order valence-corrected chi connectivity index (χ1v) is 6.75. The Kier molecular flexibility index (Phi) is 2.98. The van der Waals surface area contributed by atoms with E-state index in [1.807, 2.05) is 37.3 Å². The molecule has 0 saturated heterocycles. The molecule has 0 fully saturated rings. The number of fused-ring (bicyclic) bond motifs is 1. The summed E-state index contributed by atoms with van der Waals surface area (Å²) in [5, 5.41) is 0.473. The number of hydrogen-bond donors (Lipinski definition) is 0. The monoisotopic (exact) mass is 318 g/mol. The molecule has 0 saturated carbocycles. The first-order valence-electron chi connectivity index (χ1n) is 5.96. The number of aryl methyl sites for hydroxylation is 1. The van der Waals surface area contributed by atoms with Crippen molar-refractivity contribution in [2.24, 2.45) is 0 Å². The molecule has 0 atom stereocenters. The molecule has 0 spiro atoms. The van der Waals surface area contributed by atoms with E-state index in [4.69, 9.17) is 4.42 Å². The van der Waals surface area contributed by atoms with Crippen molar-refractivity contribution in [3.05, 3.63) is 57.2 Å². The standard InChI is InChI=1S/C14H11BrN2O2/c1-2-11-16-13-12(10(15)8-19-13)14(18)17(11)9-6-4-3-5-7-9/h3-8H,2H2,1H3. The number of furan rings is 1. The number of rotatable bonds is 2. The van der Waals surface area contributed by atoms with Gasteiger partial charge in [-0.15, -0.1) is 0 Å². The molecule has 3 aromatic rings. The average molecular weight is 319 g/mol. The predicted octanol–water partition coefficient (Wildman–Crippen LogP) is 3.30. The van der Waals surface area contributed by atoms with E-state index in [2.05, 4.69) is 20.9 Å². The van der Waals surface area contributed by atoms with Crippen LogP contribution in [0, 0.1) is 0 Å². The SMILES string of the molecule is CCc1nc2occ(Br)c2c(=O)n1-c1ccccc1. The van der Waals surface area contributed by atoms with Gasteiger partial charge in [0.2, 0.25) is 5.71 Å². The van der Waals surface area contributed by atoms with Crippen LogP contribution in [-0.2, 0) is 6.42 Å². The summed E-state index contributed by atoms with van der Waals surface area (Å²) in [4.78, 5) is 17.0. The van der Waals surface area contributed by atoms with Crippen LogP contribution in [0.4, 0.5) is 0 Å². The minimum Gasteiger partial charge on any atom is -0.445 e. The van der Waals surface area contributed by atoms with Crippen LogP contribution in [0.2, 0.25) is 0 Å². The molecule has 3 rings (SSSR count). The molecule has 0 bridgehead atoms. The third kappa shape index (κ3) is 1.90. The van der Waals surface area contributed by atoms with Crippen LogP contribution in [-0.4, -0.2) is 9.55 Å². The highest BCUT2D eigenvalue weighted by molar-refractivity contribution is 9.10. The van der Waals surface area contributed by atoms with E-state index in [9.17, 15) is 4.79 Å². The van der Waals surface area contributed by atoms with Crippen molar-refractivity contribution in [1.29, 1.82) is 0 Å². The molecule has 2 aromatic heterocycles. The van der Waals surface area contributed by atoms with Gasteiger partial charge in [-0.3, -0.25) is 9.36 Å². The van der Waals surface area contributed by atoms with E-state index >= 15 is 0 Å². The molecule has 5 heteroatoms. The maximum absolute atomic E-state index is 12.6. The fraction of sp³-hybridized carbons (Fsp3) is 0.143. The Morgan fingerprint density at radius 3 is 2.74 bits per heavy atom. The topological polar surface area (TPSA) is 48.0 Å². The molecule has 0 aliphatic rings. The summed E-state index contributed by atoms with van der Waals surface area (Å²) >= 11 is 3.32. The van der Waals surface area contributed by atoms with E-state index in [0.717, 1.165) is 5.69 Å². The lowest BCUT2D eigenvalue weighted by Crippen LogP contribution is -2.23. The Morgan fingerprint density at radius 1 is 1.32 bits per heavy atom. The molecule has 96 valence electrons. The second kappa shape index (κ2) is 4.66. The van der Waals surface area contributed by atoms with E-state index in [1.165, 1.54) is 6.26 Å². The van der Waals surface area contributed by atoms with Crippen molar-refractivity contribution in [3.63, 3.8) is 0 Å². The van der Waals surface area contributed by atoms with Gasteiger partial charge in [0.05, 0.1) is 10.2 Å². The Hall–Kier alpha value is -1.88. The summed E-state index contributed by atoms with van der Waals surface area (Å²) in [7, 11) is 0. The van der Waals surface area contributed by atoms with Crippen molar-refractivity contribution in [1.82, 2.24) is 9.55 Å². The first-order chi connectivity index (χ1) is 9.22. The summed E-state index contributed by atoms with van der Waals surface area (Å²) < 4.78 is 7.55. The highest BCUT2D eigenvalue weighted by Gasteiger charge is 2.16. The third-order valence-electron chi connectivity index (χ3n) is 2.96. The fourth-order valence-electron chi connectivity index (χ4n) is 2.08. The minimum atomic E-state index is -0.117. The van der Waals surface area contributed by atoms with Crippen LogP contribution in [0.25, 0.3) is 16.8 Å². The molecule has 4 nitrogen and oxygen atoms in total. The van der Waals surface area contributed by atoms with Gasteiger partial charge in [0, 0.05) is 6.42 Å². The molecule has 0 radical (unpaired) electrons. The maximum atomic E-state index is 12.6. The molecule has 19 heavy (non-hydrogen) atoms. The molecule has 0 aliphatic carbocycles. The summed E-state index contributed by atoms with van der Waals surface area (Å²) in [5.41, 5.74) is 1.07. The molecule has 0 amide bonds. The van der Waals surface area contributed by atoms with Crippen LogP contribution in [0.3, 0.4) is 0 Å². The van der Waals surface area contributed by atoms with Crippen LogP contribution in [0.1, 0.15) is 12.7 Å². The van der Waals surface area contributed by atoms with Crippen molar-refractivity contribution < 1.29 is 4.42 Å². The van der Waals surface area contributed by atoms with Gasteiger partial charge in [0.25, 0.3) is 5.56 Å². The Balaban J connectivity index is 2.43. The highest BCUT2D eigenvalue weighted by Crippen LogP contribution is 2.22. The minimum absolute atomic E-state index is 0.117. The van der Waals surface area contributed by atoms with Crippen LogP contribution < -0.4 is 5.56 Å². The quantitative estimate of drug-likeness (QED) is 0.728. The molecule has 0 N–H and O–H groups in total. The van der Waals surface area contributed by atoms with Crippen molar-refractivity contribution >= 4 is 27.0 Å². The molecule has 0 unspecified atom stereocenters. The van der Waals surface area contributed by atoms with E-state index < -0.39 is 0 Å². The van der Waals surface area contributed by atoms with Gasteiger partial charge in [-0.2, -0.15) is 4.98 Å². The molecular formula is C14H11BrN2O2. The average Bonchev–Trinajstić information content (AvgIpc) is 2.81. The third-order valence-corrected chi connectivity index (χ3v) is 3.55. The zero-order chi connectivity index (χ0) is 13.4. The van der Waals surface area contributed by atoms with Crippen LogP contribution >= 0.6 is 15.9 Å². The van der Waals surface area contributed by atoms with Gasteiger partial charge in [-0.05, 0) is 28.1 Å². The van der Waals surface area contributed by atoms with Gasteiger partial charge in [0.15, 0.2) is 0 Å². The second-order valence-electron chi connectivity index (χ2n) is 4.12. The van der Waals surface area contributed by atoms with Gasteiger partial charge >= 0.3 is 0 Å². The number of halogens is 1. The van der Waals surface area contributed by atoms with Gasteiger partial charge in [-0.25, -0.2) is 0 Å². The van der Waals surface area contributed by atoms with Crippen LogP contribution in [0.15, 0.2) is 50.3 Å². The van der Waals surface area contributed by atoms with E-state index in [1.54, 1.807) is 4.57 Å². The molecule has 1 aromatic carbocycles. The predicted molar refractivity (Wildman–Crippen MR) is 76.7 cm³/mol. The number of para-hydroxylation sites is 1. The van der Waals surface area contributed by atoms with Gasteiger partial charge < -0.3 is 4.42 Å². The number of benzene rings is 1. The Labute approximate surface area is 117 Å². The van der Waals surface area contributed by atoms with Gasteiger partial charge in [0.1, 0.15) is 17.5 Å². The Bertz CT molecular complexity index is 790. The van der Waals surface area contributed by atoms with Crippen LogP contribution in [0.5, 0.6) is 0 Å².